The van der Waals surface area contributed by atoms with Gasteiger partial charge in [-0.25, -0.2) is 4.79 Å². The molecule has 0 atom stereocenters. The molecule has 0 amide bonds. The van der Waals surface area contributed by atoms with E-state index in [0.717, 1.165) is 0 Å². The molecule has 84 valence electrons. The first-order valence-corrected chi connectivity index (χ1v) is 4.90. The van der Waals surface area contributed by atoms with Crippen molar-refractivity contribution in [2.45, 2.75) is 13.0 Å². The number of benzene rings is 1. The number of hydrogen-bond acceptors (Lipinski definition) is 4. The van der Waals surface area contributed by atoms with E-state index in [1.165, 1.54) is 16.9 Å². The Morgan fingerprint density at radius 2 is 2.06 bits per heavy atom. The summed E-state index contributed by atoms with van der Waals surface area (Å²) in [7, 11) is 0. The van der Waals surface area contributed by atoms with E-state index in [-0.39, 0.29) is 12.2 Å². The largest absolute Gasteiger partial charge is 0.478 e. The highest BCUT2D eigenvalue weighted by Crippen LogP contribution is 2.11. The molecular formula is C10H11N3O3. The van der Waals surface area contributed by atoms with Crippen LogP contribution < -0.4 is 0 Å². The van der Waals surface area contributed by atoms with Crippen molar-refractivity contribution < 1.29 is 15.0 Å². The predicted molar refractivity (Wildman–Crippen MR) is 56.2 cm³/mol. The van der Waals surface area contributed by atoms with E-state index in [1.807, 2.05) is 0 Å². The van der Waals surface area contributed by atoms with Crippen molar-refractivity contribution >= 4 is 17.0 Å². The third-order valence-corrected chi connectivity index (χ3v) is 2.18. The second-order valence-electron chi connectivity index (χ2n) is 3.38. The topological polar surface area (TPSA) is 88.2 Å². The van der Waals surface area contributed by atoms with Gasteiger partial charge in [0.15, 0.2) is 0 Å². The maximum absolute atomic E-state index is 10.7. The van der Waals surface area contributed by atoms with Gasteiger partial charge in [0.1, 0.15) is 11.0 Å². The molecule has 0 fully saturated rings. The van der Waals surface area contributed by atoms with Crippen LogP contribution in [-0.2, 0) is 6.54 Å². The zero-order chi connectivity index (χ0) is 11.5. The SMILES string of the molecule is O=C(O)c1ccc2nn(CCCO)nc2c1. The number of rotatable bonds is 4. The van der Waals surface area contributed by atoms with E-state index < -0.39 is 5.97 Å². The van der Waals surface area contributed by atoms with Crippen LogP contribution in [0.15, 0.2) is 18.2 Å². The van der Waals surface area contributed by atoms with Crippen molar-refractivity contribution in [1.82, 2.24) is 15.0 Å². The number of aliphatic hydroxyl groups excluding tert-OH is 1. The van der Waals surface area contributed by atoms with E-state index in [0.29, 0.717) is 24.0 Å². The van der Waals surface area contributed by atoms with Crippen LogP contribution in [0.5, 0.6) is 0 Å². The molecule has 0 saturated heterocycles. The molecule has 0 spiro atoms. The summed E-state index contributed by atoms with van der Waals surface area (Å²) >= 11 is 0. The molecule has 0 saturated carbocycles. The summed E-state index contributed by atoms with van der Waals surface area (Å²) in [6.07, 6.45) is 0.576. The Kier molecular flexibility index (Phi) is 2.82. The number of aromatic carboxylic acids is 1. The van der Waals surface area contributed by atoms with Gasteiger partial charge in [0, 0.05) is 6.61 Å². The minimum absolute atomic E-state index is 0.0816. The summed E-state index contributed by atoms with van der Waals surface area (Å²) in [5, 5.41) is 25.8. The van der Waals surface area contributed by atoms with Crippen LogP contribution in [0.3, 0.4) is 0 Å². The van der Waals surface area contributed by atoms with E-state index in [2.05, 4.69) is 10.2 Å². The van der Waals surface area contributed by atoms with Gasteiger partial charge in [-0.1, -0.05) is 0 Å². The Hall–Kier alpha value is -1.95. The summed E-state index contributed by atoms with van der Waals surface area (Å²) in [4.78, 5) is 12.2. The van der Waals surface area contributed by atoms with Gasteiger partial charge in [0.2, 0.25) is 0 Å². The molecule has 1 aromatic carbocycles. The molecule has 1 heterocycles. The lowest BCUT2D eigenvalue weighted by molar-refractivity contribution is 0.0697. The van der Waals surface area contributed by atoms with Crippen molar-refractivity contribution in [2.75, 3.05) is 6.61 Å². The first kappa shape index (κ1) is 10.6. The summed E-state index contributed by atoms with van der Waals surface area (Å²) in [6.45, 7) is 0.603. The highest BCUT2D eigenvalue weighted by molar-refractivity contribution is 5.91. The number of aromatic nitrogens is 3. The smallest absolute Gasteiger partial charge is 0.335 e. The number of aryl methyl sites for hydroxylation is 1. The molecule has 0 bridgehead atoms. The Morgan fingerprint density at radius 1 is 1.31 bits per heavy atom. The number of nitrogens with zero attached hydrogens (tertiary/aromatic N) is 3. The van der Waals surface area contributed by atoms with Crippen LogP contribution >= 0.6 is 0 Å². The number of aliphatic hydroxyl groups is 1. The molecule has 2 N–H and O–H groups in total. The lowest BCUT2D eigenvalue weighted by Crippen LogP contribution is -2.03. The van der Waals surface area contributed by atoms with Crippen molar-refractivity contribution in [3.8, 4) is 0 Å². The van der Waals surface area contributed by atoms with Gasteiger partial charge < -0.3 is 10.2 Å². The molecule has 0 radical (unpaired) electrons. The van der Waals surface area contributed by atoms with Gasteiger partial charge in [0.05, 0.1) is 12.1 Å². The number of fused-ring (bicyclic) bond motifs is 1. The van der Waals surface area contributed by atoms with Gasteiger partial charge >= 0.3 is 5.97 Å². The van der Waals surface area contributed by atoms with Crippen LogP contribution in [0.25, 0.3) is 11.0 Å². The monoisotopic (exact) mass is 221 g/mol. The zero-order valence-corrected chi connectivity index (χ0v) is 8.50. The summed E-state index contributed by atoms with van der Waals surface area (Å²) < 4.78 is 0. The maximum atomic E-state index is 10.7. The Balaban J connectivity index is 2.34. The average Bonchev–Trinajstić information content (AvgIpc) is 2.67. The normalized spacial score (nSPS) is 10.8. The van der Waals surface area contributed by atoms with E-state index >= 15 is 0 Å². The van der Waals surface area contributed by atoms with Crippen LogP contribution in [0.1, 0.15) is 16.8 Å². The Bertz CT molecular complexity index is 521. The number of carboxylic acids is 1. The molecule has 0 aliphatic carbocycles. The number of carboxylic acid groups (broad SMARTS) is 1. The molecule has 2 rings (SSSR count). The minimum atomic E-state index is -0.980. The third-order valence-electron chi connectivity index (χ3n) is 2.18. The fourth-order valence-corrected chi connectivity index (χ4v) is 1.40. The van der Waals surface area contributed by atoms with Crippen molar-refractivity contribution in [3.05, 3.63) is 23.8 Å². The van der Waals surface area contributed by atoms with Crippen LogP contribution in [0, 0.1) is 0 Å². The average molecular weight is 221 g/mol. The maximum Gasteiger partial charge on any atom is 0.335 e. The van der Waals surface area contributed by atoms with Gasteiger partial charge in [-0.3, -0.25) is 0 Å². The first-order valence-electron chi connectivity index (χ1n) is 4.90. The lowest BCUT2D eigenvalue weighted by atomic mass is 10.2. The van der Waals surface area contributed by atoms with Gasteiger partial charge in [-0.05, 0) is 24.6 Å². The fourth-order valence-electron chi connectivity index (χ4n) is 1.40. The quantitative estimate of drug-likeness (QED) is 0.785. The van der Waals surface area contributed by atoms with Gasteiger partial charge in [-0.2, -0.15) is 15.0 Å². The highest BCUT2D eigenvalue weighted by Gasteiger charge is 2.07. The van der Waals surface area contributed by atoms with E-state index in [9.17, 15) is 4.79 Å². The van der Waals surface area contributed by atoms with Crippen molar-refractivity contribution in [1.29, 1.82) is 0 Å². The number of carbonyl (C=O) groups is 1. The number of hydrogen-bond donors (Lipinski definition) is 2. The van der Waals surface area contributed by atoms with Crippen LogP contribution in [-0.4, -0.2) is 37.8 Å². The predicted octanol–water partition coefficient (Wildman–Crippen LogP) is 0.512. The fraction of sp³-hybridized carbons (Fsp3) is 0.300. The third kappa shape index (κ3) is 2.01. The summed E-state index contributed by atoms with van der Waals surface area (Å²) in [5.74, 6) is -0.980. The molecule has 6 nitrogen and oxygen atoms in total. The molecule has 0 aliphatic rings. The van der Waals surface area contributed by atoms with Crippen LogP contribution in [0.4, 0.5) is 0 Å². The van der Waals surface area contributed by atoms with Gasteiger partial charge in [0.25, 0.3) is 0 Å². The molecule has 16 heavy (non-hydrogen) atoms. The van der Waals surface area contributed by atoms with E-state index in [4.69, 9.17) is 10.2 Å². The molecule has 2 aromatic rings. The Labute approximate surface area is 91.1 Å². The van der Waals surface area contributed by atoms with Gasteiger partial charge in [-0.15, -0.1) is 0 Å². The second kappa shape index (κ2) is 4.28. The van der Waals surface area contributed by atoms with Crippen molar-refractivity contribution in [3.63, 3.8) is 0 Å². The van der Waals surface area contributed by atoms with E-state index in [1.54, 1.807) is 6.07 Å². The second-order valence-corrected chi connectivity index (χ2v) is 3.38. The minimum Gasteiger partial charge on any atom is -0.478 e. The molecule has 0 aliphatic heterocycles. The lowest BCUT2D eigenvalue weighted by Gasteiger charge is -1.94. The van der Waals surface area contributed by atoms with Crippen LogP contribution in [0.2, 0.25) is 0 Å². The first-order chi connectivity index (χ1) is 7.70. The summed E-state index contributed by atoms with van der Waals surface area (Å²) in [6, 6.07) is 4.61. The molecule has 0 unspecified atom stereocenters. The molecular weight excluding hydrogens is 210 g/mol. The van der Waals surface area contributed by atoms with Crippen molar-refractivity contribution in [2.24, 2.45) is 0 Å². The molecule has 1 aromatic heterocycles. The zero-order valence-electron chi connectivity index (χ0n) is 8.50. The standard InChI is InChI=1S/C10H11N3O3/c14-5-1-4-13-11-8-3-2-7(10(15)16)6-9(8)12-13/h2-3,6,14H,1,4-5H2,(H,15,16). The highest BCUT2D eigenvalue weighted by atomic mass is 16.4. The Morgan fingerprint density at radius 3 is 2.75 bits per heavy atom. The molecule has 6 heteroatoms. The summed E-state index contributed by atoms with van der Waals surface area (Å²) in [5.41, 5.74) is 1.41.